The van der Waals surface area contributed by atoms with Crippen LogP contribution in [0.5, 0.6) is 0 Å². The van der Waals surface area contributed by atoms with E-state index in [-0.39, 0.29) is 16.8 Å². The lowest BCUT2D eigenvalue weighted by Crippen LogP contribution is -2.27. The monoisotopic (exact) mass is 422 g/mol. The van der Waals surface area contributed by atoms with Gasteiger partial charge in [0.05, 0.1) is 4.90 Å². The maximum absolute atomic E-state index is 12.6. The third-order valence-electron chi connectivity index (χ3n) is 4.24. The second-order valence-electron chi connectivity index (χ2n) is 6.01. The minimum atomic E-state index is -3.65. The lowest BCUT2D eigenvalue weighted by atomic mass is 10.1. The van der Waals surface area contributed by atoms with Crippen molar-refractivity contribution in [3.05, 3.63) is 58.6 Å². The maximum atomic E-state index is 12.6. The molecule has 1 N–H and O–H groups in total. The summed E-state index contributed by atoms with van der Waals surface area (Å²) in [6.45, 7) is 2.48. The van der Waals surface area contributed by atoms with Gasteiger partial charge >= 0.3 is 0 Å². The van der Waals surface area contributed by atoms with Crippen LogP contribution in [0, 0.1) is 0 Å². The van der Waals surface area contributed by atoms with Crippen molar-refractivity contribution in [1.29, 1.82) is 0 Å². The summed E-state index contributed by atoms with van der Waals surface area (Å²) in [6, 6.07) is 13.6. The van der Waals surface area contributed by atoms with Gasteiger partial charge < -0.3 is 4.90 Å². The number of hydrogen-bond donors (Lipinski definition) is 1. The van der Waals surface area contributed by atoms with Gasteiger partial charge in [0.2, 0.25) is 15.9 Å². The van der Waals surface area contributed by atoms with Crippen LogP contribution in [0.1, 0.15) is 31.4 Å². The van der Waals surface area contributed by atoms with Gasteiger partial charge in [-0.1, -0.05) is 34.1 Å². The molecule has 1 aliphatic rings. The Morgan fingerprint density at radius 2 is 1.80 bits per heavy atom. The van der Waals surface area contributed by atoms with Crippen LogP contribution in [0.25, 0.3) is 0 Å². The Balaban J connectivity index is 1.78. The molecule has 0 saturated carbocycles. The molecule has 1 fully saturated rings. The van der Waals surface area contributed by atoms with Crippen molar-refractivity contribution in [2.75, 3.05) is 11.4 Å². The van der Waals surface area contributed by atoms with Gasteiger partial charge in [-0.25, -0.2) is 13.1 Å². The van der Waals surface area contributed by atoms with Gasteiger partial charge in [-0.2, -0.15) is 0 Å². The van der Waals surface area contributed by atoms with E-state index in [4.69, 9.17) is 0 Å². The molecule has 5 nitrogen and oxygen atoms in total. The highest BCUT2D eigenvalue weighted by Gasteiger charge is 2.23. The molecule has 132 valence electrons. The first-order valence-electron chi connectivity index (χ1n) is 8.06. The number of nitrogens with zero attached hydrogens (tertiary/aromatic N) is 1. The Hall–Kier alpha value is -1.70. The SMILES string of the molecule is C[C@@H](NS(=O)(=O)c1ccc(N2CCCC2=O)cc1)c1ccccc1Br. The summed E-state index contributed by atoms with van der Waals surface area (Å²) in [5.74, 6) is 0.0799. The molecule has 2 aromatic carbocycles. The lowest BCUT2D eigenvalue weighted by Gasteiger charge is -2.18. The minimum Gasteiger partial charge on any atom is -0.312 e. The van der Waals surface area contributed by atoms with E-state index < -0.39 is 10.0 Å². The lowest BCUT2D eigenvalue weighted by molar-refractivity contribution is -0.117. The zero-order chi connectivity index (χ0) is 18.0. The maximum Gasteiger partial charge on any atom is 0.241 e. The van der Waals surface area contributed by atoms with Crippen molar-refractivity contribution in [3.8, 4) is 0 Å². The Morgan fingerprint density at radius 1 is 1.12 bits per heavy atom. The summed E-state index contributed by atoms with van der Waals surface area (Å²) in [7, 11) is -3.65. The highest BCUT2D eigenvalue weighted by molar-refractivity contribution is 9.10. The summed E-state index contributed by atoms with van der Waals surface area (Å²) in [5, 5.41) is 0. The fraction of sp³-hybridized carbons (Fsp3) is 0.278. The van der Waals surface area contributed by atoms with Crippen molar-refractivity contribution in [2.24, 2.45) is 0 Å². The molecule has 7 heteroatoms. The van der Waals surface area contributed by atoms with Crippen LogP contribution in [0.4, 0.5) is 5.69 Å². The molecule has 1 amide bonds. The number of benzene rings is 2. The molecule has 1 aliphatic heterocycles. The molecule has 0 bridgehead atoms. The minimum absolute atomic E-state index is 0.0799. The van der Waals surface area contributed by atoms with Gasteiger partial charge in [0.15, 0.2) is 0 Å². The molecule has 25 heavy (non-hydrogen) atoms. The smallest absolute Gasteiger partial charge is 0.241 e. The molecule has 0 radical (unpaired) electrons. The van der Waals surface area contributed by atoms with Crippen LogP contribution in [-0.4, -0.2) is 20.9 Å². The predicted octanol–water partition coefficient (Wildman–Crippen LogP) is 3.62. The summed E-state index contributed by atoms with van der Waals surface area (Å²) < 4.78 is 28.8. The van der Waals surface area contributed by atoms with Crippen LogP contribution in [0.2, 0.25) is 0 Å². The van der Waals surface area contributed by atoms with E-state index in [0.717, 1.165) is 22.1 Å². The number of sulfonamides is 1. The van der Waals surface area contributed by atoms with Crippen LogP contribution >= 0.6 is 15.9 Å². The summed E-state index contributed by atoms with van der Waals surface area (Å²) in [6.07, 6.45) is 1.38. The molecule has 0 spiro atoms. The molecular weight excluding hydrogens is 404 g/mol. The zero-order valence-corrected chi connectivity index (χ0v) is 16.2. The van der Waals surface area contributed by atoms with Crippen LogP contribution < -0.4 is 9.62 Å². The van der Waals surface area contributed by atoms with E-state index >= 15 is 0 Å². The molecule has 2 aromatic rings. The quantitative estimate of drug-likeness (QED) is 0.799. The van der Waals surface area contributed by atoms with Crippen LogP contribution in [-0.2, 0) is 14.8 Å². The first-order chi connectivity index (χ1) is 11.9. The highest BCUT2D eigenvalue weighted by atomic mass is 79.9. The molecule has 3 rings (SSSR count). The van der Waals surface area contributed by atoms with Crippen molar-refractivity contribution < 1.29 is 13.2 Å². The molecule has 1 heterocycles. The van der Waals surface area contributed by atoms with E-state index in [1.807, 2.05) is 24.3 Å². The van der Waals surface area contributed by atoms with Gasteiger partial charge in [0.1, 0.15) is 0 Å². The fourth-order valence-corrected chi connectivity index (χ4v) is 4.77. The summed E-state index contributed by atoms with van der Waals surface area (Å²) >= 11 is 3.44. The van der Waals surface area contributed by atoms with Crippen molar-refractivity contribution >= 4 is 37.5 Å². The second-order valence-corrected chi connectivity index (χ2v) is 8.58. The van der Waals surface area contributed by atoms with Gasteiger partial charge in [0, 0.05) is 29.2 Å². The second kappa shape index (κ2) is 7.27. The third kappa shape index (κ3) is 3.94. The van der Waals surface area contributed by atoms with Gasteiger partial charge in [-0.3, -0.25) is 4.79 Å². The number of amides is 1. The number of carbonyl (C=O) groups is 1. The summed E-state index contributed by atoms with van der Waals surface area (Å²) in [4.78, 5) is 13.7. The molecule has 1 saturated heterocycles. The molecule has 0 aliphatic carbocycles. The number of nitrogens with one attached hydrogen (secondary N) is 1. The van der Waals surface area contributed by atoms with Crippen LogP contribution in [0.3, 0.4) is 0 Å². The molecule has 1 atom stereocenters. The number of anilines is 1. The van der Waals surface area contributed by atoms with E-state index in [0.29, 0.717) is 13.0 Å². The van der Waals surface area contributed by atoms with Gasteiger partial charge in [-0.05, 0) is 49.2 Å². The highest BCUT2D eigenvalue weighted by Crippen LogP contribution is 2.26. The number of rotatable bonds is 5. The van der Waals surface area contributed by atoms with E-state index in [9.17, 15) is 13.2 Å². The number of carbonyl (C=O) groups excluding carboxylic acids is 1. The van der Waals surface area contributed by atoms with Crippen molar-refractivity contribution in [1.82, 2.24) is 4.72 Å². The predicted molar refractivity (Wildman–Crippen MR) is 101 cm³/mol. The molecule has 0 aromatic heterocycles. The average Bonchev–Trinajstić information content (AvgIpc) is 3.01. The van der Waals surface area contributed by atoms with E-state index in [2.05, 4.69) is 20.7 Å². The average molecular weight is 423 g/mol. The first kappa shape index (κ1) is 18.1. The topological polar surface area (TPSA) is 66.5 Å². The van der Waals surface area contributed by atoms with E-state index in [1.165, 1.54) is 12.1 Å². The Bertz CT molecular complexity index is 881. The first-order valence-corrected chi connectivity index (χ1v) is 10.3. The number of hydrogen-bond acceptors (Lipinski definition) is 3. The standard InChI is InChI=1S/C18H19BrN2O3S/c1-13(16-5-2-3-6-17(16)19)20-25(23,24)15-10-8-14(9-11-15)21-12-4-7-18(21)22/h2-3,5-6,8-11,13,20H,4,7,12H2,1H3/t13-/m1/s1. The van der Waals surface area contributed by atoms with Crippen molar-refractivity contribution in [3.63, 3.8) is 0 Å². The van der Waals surface area contributed by atoms with Crippen LogP contribution in [0.15, 0.2) is 57.9 Å². The fourth-order valence-electron chi connectivity index (χ4n) is 2.92. The Labute approximate surface area is 156 Å². The number of halogens is 1. The third-order valence-corrected chi connectivity index (χ3v) is 6.51. The normalized spacial score (nSPS) is 16.2. The Kier molecular flexibility index (Phi) is 5.27. The Morgan fingerprint density at radius 3 is 2.40 bits per heavy atom. The van der Waals surface area contributed by atoms with Crippen molar-refractivity contribution in [2.45, 2.75) is 30.7 Å². The zero-order valence-electron chi connectivity index (χ0n) is 13.8. The van der Waals surface area contributed by atoms with Gasteiger partial charge in [-0.15, -0.1) is 0 Å². The van der Waals surface area contributed by atoms with E-state index in [1.54, 1.807) is 24.0 Å². The van der Waals surface area contributed by atoms with Gasteiger partial charge in [0.25, 0.3) is 0 Å². The summed E-state index contributed by atoms with van der Waals surface area (Å²) in [5.41, 5.74) is 1.60. The molecular formula is C18H19BrN2O3S. The molecule has 0 unspecified atom stereocenters. The largest absolute Gasteiger partial charge is 0.312 e.